The van der Waals surface area contributed by atoms with Gasteiger partial charge in [0.15, 0.2) is 0 Å². The van der Waals surface area contributed by atoms with Crippen LogP contribution in [0.1, 0.15) is 5.56 Å². The number of hydrogen-bond donors (Lipinski definition) is 0. The van der Waals surface area contributed by atoms with E-state index in [-0.39, 0.29) is 0 Å². The summed E-state index contributed by atoms with van der Waals surface area (Å²) < 4.78 is 18.7. The van der Waals surface area contributed by atoms with E-state index < -0.39 is 0 Å². The van der Waals surface area contributed by atoms with Crippen LogP contribution < -0.4 is 14.2 Å². The number of hydrogen-bond acceptors (Lipinski definition) is 5. The lowest BCUT2D eigenvalue weighted by Gasteiger charge is -2.13. The van der Waals surface area contributed by atoms with E-state index in [1.54, 1.807) is 31.3 Å². The molecule has 4 aromatic rings. The lowest BCUT2D eigenvalue weighted by molar-refractivity contribution is 0.303. The van der Waals surface area contributed by atoms with E-state index in [0.29, 0.717) is 6.61 Å². The molecule has 2 heterocycles. The van der Waals surface area contributed by atoms with Crippen molar-refractivity contribution in [1.29, 1.82) is 0 Å². The Kier molecular flexibility index (Phi) is 4.85. The predicted molar refractivity (Wildman–Crippen MR) is 108 cm³/mol. The second-order valence-corrected chi connectivity index (χ2v) is 6.42. The molecule has 0 N–H and O–H groups in total. The number of aromatic nitrogens is 3. The molecule has 28 heavy (non-hydrogen) atoms. The van der Waals surface area contributed by atoms with E-state index in [1.165, 1.54) is 0 Å². The lowest BCUT2D eigenvalue weighted by atomic mass is 9.99. The zero-order valence-electron chi connectivity index (χ0n) is 16.0. The molecular formula is C22H21N3O3. The molecule has 4 rings (SSSR count). The molecule has 0 saturated heterocycles. The second-order valence-electron chi connectivity index (χ2n) is 6.42. The van der Waals surface area contributed by atoms with Crippen molar-refractivity contribution in [3.63, 3.8) is 0 Å². The molecule has 6 heteroatoms. The third-order valence-corrected chi connectivity index (χ3v) is 4.54. The number of benzene rings is 2. The van der Waals surface area contributed by atoms with Crippen LogP contribution in [0.2, 0.25) is 0 Å². The first kappa shape index (κ1) is 17.9. The third-order valence-electron chi connectivity index (χ3n) is 4.54. The van der Waals surface area contributed by atoms with Crippen molar-refractivity contribution in [2.24, 2.45) is 7.05 Å². The monoisotopic (exact) mass is 375 g/mol. The summed E-state index contributed by atoms with van der Waals surface area (Å²) in [4.78, 5) is 4.48. The SMILES string of the molecule is COc1cc(OCc2cnn(C)c2)cc(-c2ccc(OC)c3ncccc23)c1. The topological polar surface area (TPSA) is 58.4 Å². The summed E-state index contributed by atoms with van der Waals surface area (Å²) in [5, 5.41) is 5.18. The highest BCUT2D eigenvalue weighted by Crippen LogP contribution is 2.36. The smallest absolute Gasteiger partial charge is 0.145 e. The molecule has 6 nitrogen and oxygen atoms in total. The minimum atomic E-state index is 0.436. The van der Waals surface area contributed by atoms with Crippen LogP contribution >= 0.6 is 0 Å². The normalized spacial score (nSPS) is 10.8. The molecule has 0 aliphatic rings. The standard InChI is InChI=1S/C22H21N3O3/c1-25-13-15(12-24-25)14-28-18-10-16(9-17(11-18)26-2)19-6-7-21(27-3)22-20(19)5-4-8-23-22/h4-13H,14H2,1-3H3. The Morgan fingerprint density at radius 1 is 1.00 bits per heavy atom. The summed E-state index contributed by atoms with van der Waals surface area (Å²) in [6.07, 6.45) is 5.50. The van der Waals surface area contributed by atoms with Crippen LogP contribution in [0.25, 0.3) is 22.0 Å². The molecule has 0 atom stereocenters. The molecule has 0 saturated carbocycles. The van der Waals surface area contributed by atoms with Crippen LogP contribution in [0.5, 0.6) is 17.2 Å². The Labute approximate surface area is 163 Å². The quantitative estimate of drug-likeness (QED) is 0.505. The van der Waals surface area contributed by atoms with Gasteiger partial charge in [-0.15, -0.1) is 0 Å². The van der Waals surface area contributed by atoms with E-state index in [9.17, 15) is 0 Å². The summed E-state index contributed by atoms with van der Waals surface area (Å²) >= 11 is 0. The number of ether oxygens (including phenoxy) is 3. The minimum Gasteiger partial charge on any atom is -0.497 e. The zero-order chi connectivity index (χ0) is 19.5. The van der Waals surface area contributed by atoms with E-state index in [1.807, 2.05) is 55.7 Å². The molecule has 142 valence electrons. The maximum absolute atomic E-state index is 5.99. The van der Waals surface area contributed by atoms with E-state index in [4.69, 9.17) is 14.2 Å². The Balaban J connectivity index is 1.74. The van der Waals surface area contributed by atoms with Gasteiger partial charge in [0, 0.05) is 36.5 Å². The van der Waals surface area contributed by atoms with Crippen LogP contribution in [0.15, 0.2) is 61.1 Å². The molecule has 2 aromatic carbocycles. The van der Waals surface area contributed by atoms with Crippen LogP contribution in [-0.2, 0) is 13.7 Å². The average Bonchev–Trinajstić information content (AvgIpc) is 3.16. The number of nitrogens with zero attached hydrogens (tertiary/aromatic N) is 3. The van der Waals surface area contributed by atoms with Crippen LogP contribution in [0.3, 0.4) is 0 Å². The molecule has 2 aromatic heterocycles. The van der Waals surface area contributed by atoms with Gasteiger partial charge >= 0.3 is 0 Å². The van der Waals surface area contributed by atoms with Gasteiger partial charge in [0.25, 0.3) is 0 Å². The number of pyridine rings is 1. The Morgan fingerprint density at radius 2 is 1.86 bits per heavy atom. The fraction of sp³-hybridized carbons (Fsp3) is 0.182. The van der Waals surface area contributed by atoms with Crippen molar-refractivity contribution in [3.8, 4) is 28.4 Å². The first-order valence-electron chi connectivity index (χ1n) is 8.89. The van der Waals surface area contributed by atoms with Gasteiger partial charge in [-0.05, 0) is 41.5 Å². The summed E-state index contributed by atoms with van der Waals surface area (Å²) in [5.41, 5.74) is 3.85. The number of fused-ring (bicyclic) bond motifs is 1. The summed E-state index contributed by atoms with van der Waals surface area (Å²) in [6, 6.07) is 13.8. The van der Waals surface area contributed by atoms with Crippen molar-refractivity contribution in [3.05, 3.63) is 66.6 Å². The van der Waals surface area contributed by atoms with Crippen LogP contribution in [0.4, 0.5) is 0 Å². The van der Waals surface area contributed by atoms with Crippen molar-refractivity contribution in [2.45, 2.75) is 6.61 Å². The van der Waals surface area contributed by atoms with Gasteiger partial charge in [0.05, 0.1) is 20.4 Å². The predicted octanol–water partition coefficient (Wildman–Crippen LogP) is 4.23. The molecule has 0 aliphatic carbocycles. The van der Waals surface area contributed by atoms with E-state index in [0.717, 1.165) is 44.8 Å². The zero-order valence-corrected chi connectivity index (χ0v) is 16.0. The molecule has 0 aliphatic heterocycles. The Morgan fingerprint density at radius 3 is 2.61 bits per heavy atom. The molecule has 0 bridgehead atoms. The van der Waals surface area contributed by atoms with Gasteiger partial charge in [-0.25, -0.2) is 0 Å². The number of aryl methyl sites for hydroxylation is 1. The summed E-state index contributed by atoms with van der Waals surface area (Å²) in [6.45, 7) is 0.436. The fourth-order valence-corrected chi connectivity index (χ4v) is 3.20. The maximum atomic E-state index is 5.99. The van der Waals surface area contributed by atoms with Crippen molar-refractivity contribution in [2.75, 3.05) is 14.2 Å². The summed E-state index contributed by atoms with van der Waals surface area (Å²) in [7, 11) is 5.19. The summed E-state index contributed by atoms with van der Waals surface area (Å²) in [5.74, 6) is 2.20. The molecule has 0 radical (unpaired) electrons. The van der Waals surface area contributed by atoms with Gasteiger partial charge < -0.3 is 14.2 Å². The van der Waals surface area contributed by atoms with Gasteiger partial charge in [0.2, 0.25) is 0 Å². The van der Waals surface area contributed by atoms with Crippen LogP contribution in [0, 0.1) is 0 Å². The molecule has 0 spiro atoms. The Hall–Kier alpha value is -3.54. The molecule has 0 fully saturated rings. The van der Waals surface area contributed by atoms with E-state index in [2.05, 4.69) is 10.1 Å². The molecule has 0 unspecified atom stereocenters. The third kappa shape index (κ3) is 3.49. The average molecular weight is 375 g/mol. The highest BCUT2D eigenvalue weighted by atomic mass is 16.5. The number of methoxy groups -OCH3 is 2. The first-order chi connectivity index (χ1) is 13.7. The van der Waals surface area contributed by atoms with Gasteiger partial charge in [-0.3, -0.25) is 9.67 Å². The van der Waals surface area contributed by atoms with Crippen molar-refractivity contribution < 1.29 is 14.2 Å². The molecule has 0 amide bonds. The largest absolute Gasteiger partial charge is 0.497 e. The lowest BCUT2D eigenvalue weighted by Crippen LogP contribution is -1.96. The van der Waals surface area contributed by atoms with Gasteiger partial charge in [-0.1, -0.05) is 6.07 Å². The highest BCUT2D eigenvalue weighted by molar-refractivity contribution is 5.98. The fourth-order valence-electron chi connectivity index (χ4n) is 3.20. The Bertz CT molecular complexity index is 1120. The van der Waals surface area contributed by atoms with E-state index >= 15 is 0 Å². The van der Waals surface area contributed by atoms with Gasteiger partial charge in [-0.2, -0.15) is 5.10 Å². The highest BCUT2D eigenvalue weighted by Gasteiger charge is 2.12. The maximum Gasteiger partial charge on any atom is 0.145 e. The van der Waals surface area contributed by atoms with Crippen LogP contribution in [-0.4, -0.2) is 29.0 Å². The first-order valence-corrected chi connectivity index (χ1v) is 8.89. The van der Waals surface area contributed by atoms with Crippen molar-refractivity contribution >= 4 is 10.9 Å². The second kappa shape index (κ2) is 7.60. The number of rotatable bonds is 6. The molecular weight excluding hydrogens is 354 g/mol. The minimum absolute atomic E-state index is 0.436. The van der Waals surface area contributed by atoms with Crippen molar-refractivity contribution in [1.82, 2.24) is 14.8 Å². The van der Waals surface area contributed by atoms with Gasteiger partial charge in [0.1, 0.15) is 29.4 Å².